The third-order valence-corrected chi connectivity index (χ3v) is 5.27. The molecule has 2 N–H and O–H groups in total. The predicted octanol–water partition coefficient (Wildman–Crippen LogP) is 3.36. The molecule has 0 radical (unpaired) electrons. The number of allylic oxidation sites excluding steroid dienone is 1. The molecule has 0 saturated heterocycles. The zero-order valence-corrected chi connectivity index (χ0v) is 18.9. The fourth-order valence-electron chi connectivity index (χ4n) is 3.18. The van der Waals surface area contributed by atoms with E-state index in [9.17, 15) is 18.8 Å². The standard InChI is InChI=1S/C19H18ClFN2O4.C4H8O/c1-10-6-7-23-9-12(17(25)18(27-2)15(23)16(10)24)19(26)22-8-11-4-3-5-13(20)14(11)21;1-2-3-4-5/h3-5,9-10H,6-8H2,1-2H3,(H,22,26);2-3,5H,4H2,1H3/b;3-2-. The maximum absolute atomic E-state index is 14.0. The Bertz CT molecular complexity index is 1080. The summed E-state index contributed by atoms with van der Waals surface area (Å²) in [6.45, 7) is 4.18. The van der Waals surface area contributed by atoms with Crippen LogP contribution in [0.1, 0.15) is 46.7 Å². The van der Waals surface area contributed by atoms with Crippen molar-refractivity contribution in [2.24, 2.45) is 5.92 Å². The van der Waals surface area contributed by atoms with Crippen molar-refractivity contribution in [2.45, 2.75) is 33.4 Å². The zero-order valence-electron chi connectivity index (χ0n) is 18.2. The summed E-state index contributed by atoms with van der Waals surface area (Å²) >= 11 is 5.73. The number of ketones is 1. The molecule has 0 spiro atoms. The number of carbonyl (C=O) groups is 2. The number of carbonyl (C=O) groups excluding carboxylic acids is 2. The summed E-state index contributed by atoms with van der Waals surface area (Å²) in [5, 5.41) is 10.4. The highest BCUT2D eigenvalue weighted by Crippen LogP contribution is 2.26. The maximum atomic E-state index is 14.0. The summed E-state index contributed by atoms with van der Waals surface area (Å²) in [6.07, 6.45) is 5.44. The number of benzene rings is 1. The number of aryl methyl sites for hydroxylation is 1. The molecule has 9 heteroatoms. The number of pyridine rings is 1. The van der Waals surface area contributed by atoms with Gasteiger partial charge in [0.25, 0.3) is 5.91 Å². The van der Waals surface area contributed by atoms with E-state index in [1.54, 1.807) is 29.7 Å². The molecule has 1 atom stereocenters. The zero-order chi connectivity index (χ0) is 23.8. The van der Waals surface area contributed by atoms with Gasteiger partial charge in [-0.25, -0.2) is 4.39 Å². The summed E-state index contributed by atoms with van der Waals surface area (Å²) < 4.78 is 20.7. The third-order valence-electron chi connectivity index (χ3n) is 4.98. The van der Waals surface area contributed by atoms with Crippen molar-refractivity contribution in [2.75, 3.05) is 13.7 Å². The van der Waals surface area contributed by atoms with Crippen LogP contribution in [0.2, 0.25) is 5.02 Å². The first-order chi connectivity index (χ1) is 15.3. The SMILES string of the molecule is C/C=C\CO.COc1c2n(cc(C(=O)NCc3cccc(Cl)c3F)c1=O)CCC(C)C2=O. The molecule has 1 aliphatic rings. The van der Waals surface area contributed by atoms with Gasteiger partial charge in [-0.1, -0.05) is 42.8 Å². The lowest BCUT2D eigenvalue weighted by Crippen LogP contribution is -2.34. The van der Waals surface area contributed by atoms with Crippen LogP contribution in [0.5, 0.6) is 5.75 Å². The molecule has 172 valence electrons. The Labute approximate surface area is 190 Å². The van der Waals surface area contributed by atoms with Crippen LogP contribution in [0, 0.1) is 11.7 Å². The molecule has 7 nitrogen and oxygen atoms in total. The van der Waals surface area contributed by atoms with Gasteiger partial charge in [-0.2, -0.15) is 0 Å². The number of methoxy groups -OCH3 is 1. The highest BCUT2D eigenvalue weighted by atomic mass is 35.5. The number of amides is 1. The predicted molar refractivity (Wildman–Crippen MR) is 120 cm³/mol. The molecule has 0 bridgehead atoms. The minimum absolute atomic E-state index is 0.0510. The molecule has 1 aliphatic heterocycles. The quantitative estimate of drug-likeness (QED) is 0.661. The average molecular weight is 465 g/mol. The smallest absolute Gasteiger partial charge is 0.257 e. The number of aliphatic hydroxyl groups excluding tert-OH is 1. The van der Waals surface area contributed by atoms with Crippen molar-refractivity contribution in [1.82, 2.24) is 9.88 Å². The van der Waals surface area contributed by atoms with Gasteiger partial charge in [0.05, 0.1) is 18.7 Å². The first-order valence-corrected chi connectivity index (χ1v) is 10.4. The van der Waals surface area contributed by atoms with Crippen LogP contribution in [0.25, 0.3) is 0 Å². The number of nitrogens with one attached hydrogen (secondary N) is 1. The number of hydrogen-bond acceptors (Lipinski definition) is 5. The highest BCUT2D eigenvalue weighted by molar-refractivity contribution is 6.30. The fourth-order valence-corrected chi connectivity index (χ4v) is 3.37. The molecule has 1 aromatic carbocycles. The van der Waals surface area contributed by atoms with E-state index in [4.69, 9.17) is 21.4 Å². The van der Waals surface area contributed by atoms with E-state index in [1.807, 2.05) is 6.92 Å². The number of fused-ring (bicyclic) bond motifs is 1. The molecular weight excluding hydrogens is 439 g/mol. The number of Topliss-reactive ketones (excluding diaryl/α,β-unsaturated/α-hetero) is 1. The molecule has 32 heavy (non-hydrogen) atoms. The molecule has 1 amide bonds. The summed E-state index contributed by atoms with van der Waals surface area (Å²) in [5.41, 5.74) is -0.459. The van der Waals surface area contributed by atoms with Crippen molar-refractivity contribution in [3.63, 3.8) is 0 Å². The number of aliphatic hydroxyl groups is 1. The van der Waals surface area contributed by atoms with Gasteiger partial charge in [-0.15, -0.1) is 0 Å². The van der Waals surface area contributed by atoms with Crippen LogP contribution < -0.4 is 15.5 Å². The normalized spacial score (nSPS) is 15.1. The monoisotopic (exact) mass is 464 g/mol. The molecule has 0 saturated carbocycles. The van der Waals surface area contributed by atoms with Crippen LogP contribution in [0.4, 0.5) is 4.39 Å². The van der Waals surface area contributed by atoms with Gasteiger partial charge >= 0.3 is 0 Å². The molecule has 0 aliphatic carbocycles. The fraction of sp³-hybridized carbons (Fsp3) is 0.348. The minimum Gasteiger partial charge on any atom is -0.491 e. The number of nitrogens with zero attached hydrogens (tertiary/aromatic N) is 1. The number of halogens is 2. The van der Waals surface area contributed by atoms with Gasteiger partial charge in [-0.3, -0.25) is 14.4 Å². The van der Waals surface area contributed by atoms with Crippen LogP contribution in [-0.4, -0.2) is 35.1 Å². The van der Waals surface area contributed by atoms with Crippen LogP contribution in [0.3, 0.4) is 0 Å². The average Bonchev–Trinajstić information content (AvgIpc) is 2.78. The second-order valence-corrected chi connectivity index (χ2v) is 7.56. The number of aromatic nitrogens is 1. The maximum Gasteiger partial charge on any atom is 0.257 e. The van der Waals surface area contributed by atoms with Gasteiger partial charge in [0, 0.05) is 30.8 Å². The Morgan fingerprint density at radius 1 is 1.41 bits per heavy atom. The Hall–Kier alpha value is -2.97. The second-order valence-electron chi connectivity index (χ2n) is 7.15. The molecule has 2 heterocycles. The lowest BCUT2D eigenvalue weighted by Gasteiger charge is -2.24. The second kappa shape index (κ2) is 11.6. The van der Waals surface area contributed by atoms with Crippen LogP contribution in [0.15, 0.2) is 41.3 Å². The summed E-state index contributed by atoms with van der Waals surface area (Å²) in [6, 6.07) is 4.46. The molecule has 1 unspecified atom stereocenters. The largest absolute Gasteiger partial charge is 0.491 e. The summed E-state index contributed by atoms with van der Waals surface area (Å²) in [5.74, 6) is -1.86. The van der Waals surface area contributed by atoms with Gasteiger partial charge in [0.2, 0.25) is 5.43 Å². The Balaban J connectivity index is 0.000000654. The molecule has 2 aromatic rings. The van der Waals surface area contributed by atoms with Gasteiger partial charge in [0.1, 0.15) is 17.1 Å². The van der Waals surface area contributed by atoms with Crippen molar-refractivity contribution < 1.29 is 23.8 Å². The van der Waals surface area contributed by atoms with E-state index in [1.165, 1.54) is 25.4 Å². The molecule has 0 fully saturated rings. The first kappa shape index (κ1) is 25.3. The lowest BCUT2D eigenvalue weighted by molar-refractivity contribution is 0.0879. The van der Waals surface area contributed by atoms with E-state index in [-0.39, 0.29) is 52.4 Å². The first-order valence-electron chi connectivity index (χ1n) is 10.0. The minimum atomic E-state index is -0.681. The van der Waals surface area contributed by atoms with E-state index in [0.717, 1.165) is 0 Å². The van der Waals surface area contributed by atoms with Crippen molar-refractivity contribution in [3.8, 4) is 5.75 Å². The molecular formula is C23H26ClFN2O5. The lowest BCUT2D eigenvalue weighted by atomic mass is 9.94. The number of ether oxygens (including phenoxy) is 1. The third kappa shape index (κ3) is 5.63. The molecule has 3 rings (SSSR count). The summed E-state index contributed by atoms with van der Waals surface area (Å²) in [4.78, 5) is 37.6. The van der Waals surface area contributed by atoms with Crippen molar-refractivity contribution >= 4 is 23.3 Å². The van der Waals surface area contributed by atoms with Crippen molar-refractivity contribution in [1.29, 1.82) is 0 Å². The van der Waals surface area contributed by atoms with Crippen LogP contribution >= 0.6 is 11.6 Å². The molecule has 1 aromatic heterocycles. The Morgan fingerprint density at radius 2 is 2.12 bits per heavy atom. The number of rotatable bonds is 5. The Morgan fingerprint density at radius 3 is 2.72 bits per heavy atom. The van der Waals surface area contributed by atoms with E-state index < -0.39 is 17.2 Å². The Kier molecular flexibility index (Phi) is 9.16. The van der Waals surface area contributed by atoms with Gasteiger partial charge in [-0.05, 0) is 19.4 Å². The van der Waals surface area contributed by atoms with Crippen LogP contribution in [-0.2, 0) is 13.1 Å². The van der Waals surface area contributed by atoms with E-state index in [2.05, 4.69) is 5.32 Å². The van der Waals surface area contributed by atoms with Crippen molar-refractivity contribution in [3.05, 3.63) is 74.4 Å². The highest BCUT2D eigenvalue weighted by Gasteiger charge is 2.31. The van der Waals surface area contributed by atoms with E-state index >= 15 is 0 Å². The van der Waals surface area contributed by atoms with E-state index in [0.29, 0.717) is 13.0 Å². The summed E-state index contributed by atoms with van der Waals surface area (Å²) in [7, 11) is 1.28. The number of hydrogen-bond donors (Lipinski definition) is 2. The van der Waals surface area contributed by atoms with Gasteiger partial charge < -0.3 is 19.7 Å². The topological polar surface area (TPSA) is 97.6 Å². The van der Waals surface area contributed by atoms with Gasteiger partial charge in [0.15, 0.2) is 11.5 Å².